The predicted molar refractivity (Wildman–Crippen MR) is 76.4 cm³/mol. The summed E-state index contributed by atoms with van der Waals surface area (Å²) in [5.74, 6) is -1.45. The highest BCUT2D eigenvalue weighted by Gasteiger charge is 2.25. The van der Waals surface area contributed by atoms with Crippen molar-refractivity contribution in [1.82, 2.24) is 5.32 Å². The molecule has 1 saturated carbocycles. The molecule has 0 heterocycles. The SMILES string of the molecule is CC(=O)Nc1ccc(F)c(C(=O)NCC2CCCC2O)c1. The third kappa shape index (κ3) is 4.01. The molecule has 0 aliphatic heterocycles. The van der Waals surface area contributed by atoms with Gasteiger partial charge in [-0.3, -0.25) is 9.59 Å². The van der Waals surface area contributed by atoms with Gasteiger partial charge in [-0.25, -0.2) is 4.39 Å². The van der Waals surface area contributed by atoms with Crippen LogP contribution in [0.3, 0.4) is 0 Å². The highest BCUT2D eigenvalue weighted by Crippen LogP contribution is 2.24. The monoisotopic (exact) mass is 294 g/mol. The third-order valence-corrected chi connectivity index (χ3v) is 3.68. The van der Waals surface area contributed by atoms with Crippen LogP contribution in [0.5, 0.6) is 0 Å². The summed E-state index contributed by atoms with van der Waals surface area (Å²) in [6, 6.07) is 3.84. The lowest BCUT2D eigenvalue weighted by atomic mass is 10.1. The second-order valence-electron chi connectivity index (χ2n) is 5.34. The first-order chi connectivity index (χ1) is 9.97. The molecule has 1 aromatic rings. The quantitative estimate of drug-likeness (QED) is 0.790. The number of amides is 2. The highest BCUT2D eigenvalue weighted by molar-refractivity contribution is 5.97. The zero-order valence-electron chi connectivity index (χ0n) is 11.9. The van der Waals surface area contributed by atoms with Gasteiger partial charge in [0.1, 0.15) is 5.82 Å². The Bertz CT molecular complexity index is 548. The zero-order chi connectivity index (χ0) is 15.4. The minimum Gasteiger partial charge on any atom is -0.393 e. The molecule has 0 spiro atoms. The van der Waals surface area contributed by atoms with E-state index in [4.69, 9.17) is 0 Å². The number of aliphatic hydroxyl groups excluding tert-OH is 1. The van der Waals surface area contributed by atoms with Gasteiger partial charge in [-0.2, -0.15) is 0 Å². The normalized spacial score (nSPS) is 21.1. The van der Waals surface area contributed by atoms with Crippen molar-refractivity contribution in [3.8, 4) is 0 Å². The van der Waals surface area contributed by atoms with Crippen molar-refractivity contribution in [3.05, 3.63) is 29.6 Å². The van der Waals surface area contributed by atoms with Crippen LogP contribution in [0.25, 0.3) is 0 Å². The largest absolute Gasteiger partial charge is 0.393 e. The molecular weight excluding hydrogens is 275 g/mol. The lowest BCUT2D eigenvalue weighted by Gasteiger charge is -2.15. The van der Waals surface area contributed by atoms with Gasteiger partial charge in [0.2, 0.25) is 5.91 Å². The van der Waals surface area contributed by atoms with Gasteiger partial charge < -0.3 is 15.7 Å². The van der Waals surface area contributed by atoms with Crippen molar-refractivity contribution in [2.45, 2.75) is 32.3 Å². The predicted octanol–water partition coefficient (Wildman–Crippen LogP) is 1.67. The van der Waals surface area contributed by atoms with Gasteiger partial charge in [-0.1, -0.05) is 6.42 Å². The van der Waals surface area contributed by atoms with Crippen molar-refractivity contribution in [3.63, 3.8) is 0 Å². The average Bonchev–Trinajstić information content (AvgIpc) is 2.83. The zero-order valence-corrected chi connectivity index (χ0v) is 11.9. The van der Waals surface area contributed by atoms with E-state index in [0.717, 1.165) is 25.3 Å². The number of benzene rings is 1. The Kier molecular flexibility index (Phi) is 4.90. The lowest BCUT2D eigenvalue weighted by molar-refractivity contribution is -0.114. The standard InChI is InChI=1S/C15H19FN2O3/c1-9(19)18-11-5-6-13(16)12(7-11)15(21)17-8-10-3-2-4-14(10)20/h5-7,10,14,20H,2-4,8H2,1H3,(H,17,21)(H,18,19). The number of carbonyl (C=O) groups is 2. The van der Waals surface area contributed by atoms with Crippen molar-refractivity contribution in [2.75, 3.05) is 11.9 Å². The molecule has 2 rings (SSSR count). The van der Waals surface area contributed by atoms with E-state index in [9.17, 15) is 19.1 Å². The van der Waals surface area contributed by atoms with Crippen LogP contribution in [-0.2, 0) is 4.79 Å². The molecule has 0 bridgehead atoms. The first-order valence-corrected chi connectivity index (χ1v) is 7.01. The fourth-order valence-electron chi connectivity index (χ4n) is 2.55. The Hall–Kier alpha value is -1.95. The van der Waals surface area contributed by atoms with E-state index in [0.29, 0.717) is 12.2 Å². The van der Waals surface area contributed by atoms with Gasteiger partial charge in [0.15, 0.2) is 0 Å². The Labute approximate surface area is 122 Å². The molecule has 0 radical (unpaired) electrons. The third-order valence-electron chi connectivity index (χ3n) is 3.68. The van der Waals surface area contributed by atoms with Crippen LogP contribution in [0, 0.1) is 11.7 Å². The van der Waals surface area contributed by atoms with E-state index < -0.39 is 17.8 Å². The number of aliphatic hydroxyl groups is 1. The van der Waals surface area contributed by atoms with Crippen LogP contribution in [0.2, 0.25) is 0 Å². The van der Waals surface area contributed by atoms with E-state index in [1.54, 1.807) is 0 Å². The van der Waals surface area contributed by atoms with E-state index in [1.807, 2.05) is 0 Å². The molecule has 2 unspecified atom stereocenters. The molecule has 1 fully saturated rings. The average molecular weight is 294 g/mol. The molecule has 2 amide bonds. The van der Waals surface area contributed by atoms with Gasteiger partial charge in [0.25, 0.3) is 5.91 Å². The molecular formula is C15H19FN2O3. The molecule has 2 atom stereocenters. The van der Waals surface area contributed by atoms with Gasteiger partial charge in [-0.15, -0.1) is 0 Å². The molecule has 3 N–H and O–H groups in total. The summed E-state index contributed by atoms with van der Waals surface area (Å²) in [4.78, 5) is 23.0. The molecule has 5 nitrogen and oxygen atoms in total. The van der Waals surface area contributed by atoms with E-state index in [-0.39, 0.29) is 17.4 Å². The van der Waals surface area contributed by atoms with Crippen molar-refractivity contribution >= 4 is 17.5 Å². The maximum absolute atomic E-state index is 13.7. The molecule has 114 valence electrons. The van der Waals surface area contributed by atoms with Crippen molar-refractivity contribution in [1.29, 1.82) is 0 Å². The summed E-state index contributed by atoms with van der Waals surface area (Å²) in [5.41, 5.74) is 0.253. The molecule has 1 aliphatic rings. The van der Waals surface area contributed by atoms with Crippen LogP contribution in [0.1, 0.15) is 36.5 Å². The second-order valence-corrected chi connectivity index (χ2v) is 5.34. The highest BCUT2D eigenvalue weighted by atomic mass is 19.1. The van der Waals surface area contributed by atoms with Crippen LogP contribution in [0.15, 0.2) is 18.2 Å². The Morgan fingerprint density at radius 3 is 2.76 bits per heavy atom. The first-order valence-electron chi connectivity index (χ1n) is 7.01. The number of halogens is 1. The summed E-state index contributed by atoms with van der Waals surface area (Å²) >= 11 is 0. The summed E-state index contributed by atoms with van der Waals surface area (Å²) in [6.45, 7) is 1.66. The van der Waals surface area contributed by atoms with Crippen molar-refractivity contribution < 1.29 is 19.1 Å². The number of anilines is 1. The first kappa shape index (κ1) is 15.4. The van der Waals surface area contributed by atoms with Gasteiger partial charge in [0.05, 0.1) is 11.7 Å². The van der Waals surface area contributed by atoms with Crippen LogP contribution < -0.4 is 10.6 Å². The molecule has 1 aliphatic carbocycles. The minimum atomic E-state index is -0.645. The van der Waals surface area contributed by atoms with Crippen LogP contribution in [-0.4, -0.2) is 29.6 Å². The topological polar surface area (TPSA) is 78.4 Å². The van der Waals surface area contributed by atoms with E-state index >= 15 is 0 Å². The van der Waals surface area contributed by atoms with Crippen LogP contribution >= 0.6 is 0 Å². The number of nitrogens with one attached hydrogen (secondary N) is 2. The maximum atomic E-state index is 13.7. The number of rotatable bonds is 4. The Morgan fingerprint density at radius 2 is 2.14 bits per heavy atom. The Morgan fingerprint density at radius 1 is 1.38 bits per heavy atom. The fourth-order valence-corrected chi connectivity index (χ4v) is 2.55. The number of hydrogen-bond acceptors (Lipinski definition) is 3. The summed E-state index contributed by atoms with van der Waals surface area (Å²) < 4.78 is 13.7. The van der Waals surface area contributed by atoms with Crippen molar-refractivity contribution in [2.24, 2.45) is 5.92 Å². The molecule has 1 aromatic carbocycles. The second kappa shape index (κ2) is 6.67. The fraction of sp³-hybridized carbons (Fsp3) is 0.467. The minimum absolute atomic E-state index is 0.0236. The molecule has 21 heavy (non-hydrogen) atoms. The number of carbonyl (C=O) groups excluding carboxylic acids is 2. The van der Waals surface area contributed by atoms with Crippen LogP contribution in [0.4, 0.5) is 10.1 Å². The maximum Gasteiger partial charge on any atom is 0.254 e. The van der Waals surface area contributed by atoms with Gasteiger partial charge in [-0.05, 0) is 31.0 Å². The lowest BCUT2D eigenvalue weighted by Crippen LogP contribution is -2.33. The van der Waals surface area contributed by atoms with Gasteiger partial charge >= 0.3 is 0 Å². The molecule has 0 aromatic heterocycles. The summed E-state index contributed by atoms with van der Waals surface area (Å²) in [7, 11) is 0. The van der Waals surface area contributed by atoms with E-state index in [1.165, 1.54) is 19.1 Å². The summed E-state index contributed by atoms with van der Waals surface area (Å²) in [6.07, 6.45) is 2.14. The molecule has 6 heteroatoms. The smallest absolute Gasteiger partial charge is 0.254 e. The Balaban J connectivity index is 2.02. The number of hydrogen-bond donors (Lipinski definition) is 3. The van der Waals surface area contributed by atoms with Gasteiger partial charge in [0, 0.05) is 25.1 Å². The molecule has 0 saturated heterocycles. The summed E-state index contributed by atoms with van der Waals surface area (Å²) in [5, 5.41) is 14.8. The van der Waals surface area contributed by atoms with E-state index in [2.05, 4.69) is 10.6 Å².